The number of hydrogen-bond donors (Lipinski definition) is 5. The molecule has 2 amide bonds. The van der Waals surface area contributed by atoms with Gasteiger partial charge in [0.15, 0.2) is 12.1 Å². The summed E-state index contributed by atoms with van der Waals surface area (Å²) >= 11 is 0. The van der Waals surface area contributed by atoms with E-state index >= 15 is 0 Å². The first-order valence-electron chi connectivity index (χ1n) is 9.43. The quantitative estimate of drug-likeness (QED) is 0.206. The van der Waals surface area contributed by atoms with Crippen molar-refractivity contribution in [2.45, 2.75) is 43.9 Å². The zero-order valence-electron chi connectivity index (χ0n) is 16.0. The highest BCUT2D eigenvalue weighted by Gasteiger charge is 2.38. The number of nitrogens with one attached hydrogen (secondary N) is 1. The predicted octanol–water partition coefficient (Wildman–Crippen LogP) is -0.666. The SMILES string of the molecule is NC(N)=NCCC[C@H](NC(=O)[C@@H]1CCCN1C(=O)C(O)c1ccccc1)C(=O)O. The average Bonchev–Trinajstić information content (AvgIpc) is 3.19. The molecule has 0 bridgehead atoms. The summed E-state index contributed by atoms with van der Waals surface area (Å²) in [7, 11) is 0. The van der Waals surface area contributed by atoms with E-state index in [0.29, 0.717) is 31.4 Å². The van der Waals surface area contributed by atoms with Crippen LogP contribution in [0.3, 0.4) is 0 Å². The summed E-state index contributed by atoms with van der Waals surface area (Å²) in [6.07, 6.45) is 0.132. The van der Waals surface area contributed by atoms with Gasteiger partial charge < -0.3 is 31.9 Å². The van der Waals surface area contributed by atoms with Crippen LogP contribution in [-0.2, 0) is 14.4 Å². The van der Waals surface area contributed by atoms with Gasteiger partial charge in [-0.1, -0.05) is 30.3 Å². The molecule has 1 unspecified atom stereocenters. The molecule has 1 heterocycles. The van der Waals surface area contributed by atoms with Crippen molar-refractivity contribution in [3.8, 4) is 0 Å². The highest BCUT2D eigenvalue weighted by atomic mass is 16.4. The lowest BCUT2D eigenvalue weighted by atomic mass is 10.1. The highest BCUT2D eigenvalue weighted by Crippen LogP contribution is 2.23. The van der Waals surface area contributed by atoms with Crippen LogP contribution < -0.4 is 16.8 Å². The maximum Gasteiger partial charge on any atom is 0.326 e. The van der Waals surface area contributed by atoms with E-state index in [1.54, 1.807) is 30.3 Å². The summed E-state index contributed by atoms with van der Waals surface area (Å²) in [6.45, 7) is 0.572. The number of aliphatic hydroxyl groups is 1. The molecular weight excluding hydrogens is 378 g/mol. The maximum absolute atomic E-state index is 12.7. The number of carboxylic acids is 1. The Balaban J connectivity index is 1.99. The molecule has 1 aromatic carbocycles. The summed E-state index contributed by atoms with van der Waals surface area (Å²) in [5, 5.41) is 22.2. The zero-order chi connectivity index (χ0) is 21.4. The number of nitrogens with two attached hydrogens (primary N) is 2. The van der Waals surface area contributed by atoms with E-state index in [1.165, 1.54) is 4.90 Å². The molecular formula is C19H27N5O5. The molecule has 1 saturated heterocycles. The van der Waals surface area contributed by atoms with E-state index in [4.69, 9.17) is 11.5 Å². The molecule has 0 aromatic heterocycles. The van der Waals surface area contributed by atoms with Crippen LogP contribution >= 0.6 is 0 Å². The van der Waals surface area contributed by atoms with Gasteiger partial charge in [-0.3, -0.25) is 14.6 Å². The van der Waals surface area contributed by atoms with Crippen molar-refractivity contribution in [3.05, 3.63) is 35.9 Å². The predicted molar refractivity (Wildman–Crippen MR) is 106 cm³/mol. The zero-order valence-corrected chi connectivity index (χ0v) is 16.0. The van der Waals surface area contributed by atoms with E-state index in [0.717, 1.165) is 0 Å². The Morgan fingerprint density at radius 3 is 2.55 bits per heavy atom. The third kappa shape index (κ3) is 6.18. The number of likely N-dealkylation sites (tertiary alicyclic amines) is 1. The second-order valence-electron chi connectivity index (χ2n) is 6.85. The van der Waals surface area contributed by atoms with E-state index in [2.05, 4.69) is 10.3 Å². The third-order valence-corrected chi connectivity index (χ3v) is 4.75. The Bertz CT molecular complexity index is 751. The highest BCUT2D eigenvalue weighted by molar-refractivity contribution is 5.92. The molecule has 0 aliphatic carbocycles. The van der Waals surface area contributed by atoms with Crippen LogP contribution in [0.2, 0.25) is 0 Å². The summed E-state index contributed by atoms with van der Waals surface area (Å²) in [5.74, 6) is -2.39. The first-order chi connectivity index (χ1) is 13.8. The molecule has 29 heavy (non-hydrogen) atoms. The van der Waals surface area contributed by atoms with Crippen LogP contribution in [-0.4, -0.2) is 64.0 Å². The molecule has 10 nitrogen and oxygen atoms in total. The van der Waals surface area contributed by atoms with Crippen molar-refractivity contribution >= 4 is 23.7 Å². The van der Waals surface area contributed by atoms with Gasteiger partial charge in [0.2, 0.25) is 5.91 Å². The van der Waals surface area contributed by atoms with Gasteiger partial charge in [0.05, 0.1) is 0 Å². The number of nitrogens with zero attached hydrogens (tertiary/aromatic N) is 2. The smallest absolute Gasteiger partial charge is 0.326 e. The molecule has 0 saturated carbocycles. The minimum absolute atomic E-state index is 0.0852. The molecule has 7 N–H and O–H groups in total. The van der Waals surface area contributed by atoms with Gasteiger partial charge in [-0.05, 0) is 31.2 Å². The Labute approximate surface area is 168 Å². The van der Waals surface area contributed by atoms with E-state index in [9.17, 15) is 24.6 Å². The van der Waals surface area contributed by atoms with Crippen molar-refractivity contribution in [1.29, 1.82) is 0 Å². The molecule has 2 rings (SSSR count). The van der Waals surface area contributed by atoms with Crippen molar-refractivity contribution in [3.63, 3.8) is 0 Å². The van der Waals surface area contributed by atoms with Crippen molar-refractivity contribution < 1.29 is 24.6 Å². The molecule has 3 atom stereocenters. The number of rotatable bonds is 9. The number of benzene rings is 1. The van der Waals surface area contributed by atoms with Gasteiger partial charge in [-0.15, -0.1) is 0 Å². The Kier molecular flexibility index (Phi) is 7.96. The largest absolute Gasteiger partial charge is 0.480 e. The molecule has 1 aliphatic rings. The lowest BCUT2D eigenvalue weighted by Crippen LogP contribution is -2.51. The number of aliphatic hydroxyl groups excluding tert-OH is 1. The van der Waals surface area contributed by atoms with Gasteiger partial charge in [-0.25, -0.2) is 4.79 Å². The molecule has 10 heteroatoms. The van der Waals surface area contributed by atoms with Crippen LogP contribution in [0.1, 0.15) is 37.4 Å². The third-order valence-electron chi connectivity index (χ3n) is 4.75. The van der Waals surface area contributed by atoms with Crippen LogP contribution in [0.5, 0.6) is 0 Å². The Morgan fingerprint density at radius 1 is 1.24 bits per heavy atom. The van der Waals surface area contributed by atoms with Crippen LogP contribution in [0.4, 0.5) is 0 Å². The summed E-state index contributed by atoms with van der Waals surface area (Å²) in [5.41, 5.74) is 10.9. The fourth-order valence-electron chi connectivity index (χ4n) is 3.27. The number of carbonyl (C=O) groups is 3. The summed E-state index contributed by atoms with van der Waals surface area (Å²) in [6, 6.07) is 6.51. The topological polar surface area (TPSA) is 171 Å². The second kappa shape index (κ2) is 10.4. The van der Waals surface area contributed by atoms with Crippen LogP contribution in [0.25, 0.3) is 0 Å². The fraction of sp³-hybridized carbons (Fsp3) is 0.474. The fourth-order valence-corrected chi connectivity index (χ4v) is 3.27. The van der Waals surface area contributed by atoms with Crippen molar-refractivity contribution in [2.24, 2.45) is 16.5 Å². The average molecular weight is 405 g/mol. The molecule has 1 fully saturated rings. The van der Waals surface area contributed by atoms with Crippen LogP contribution in [0, 0.1) is 0 Å². The number of carboxylic acid groups (broad SMARTS) is 1. The first kappa shape index (κ1) is 22.2. The van der Waals surface area contributed by atoms with E-state index in [1.807, 2.05) is 0 Å². The summed E-state index contributed by atoms with van der Waals surface area (Å²) < 4.78 is 0. The van der Waals surface area contributed by atoms with Gasteiger partial charge in [-0.2, -0.15) is 0 Å². The minimum Gasteiger partial charge on any atom is -0.480 e. The number of hydrogen-bond acceptors (Lipinski definition) is 5. The van der Waals surface area contributed by atoms with E-state index < -0.39 is 36.0 Å². The lowest BCUT2D eigenvalue weighted by molar-refractivity contribution is -0.147. The van der Waals surface area contributed by atoms with Gasteiger partial charge in [0, 0.05) is 13.1 Å². The number of carbonyl (C=O) groups excluding carboxylic acids is 2. The normalized spacial score (nSPS) is 18.0. The second-order valence-corrected chi connectivity index (χ2v) is 6.85. The maximum atomic E-state index is 12.7. The standard InChI is InChI=1S/C19H27N5O5/c20-19(21)22-10-4-8-13(18(28)29)23-16(26)14-9-5-11-24(14)17(27)15(25)12-6-2-1-3-7-12/h1-3,6-7,13-15,25H,4-5,8-11H2,(H,23,26)(H,28,29)(H4,20,21,22)/t13-,14-,15?/m0/s1. The summed E-state index contributed by atoms with van der Waals surface area (Å²) in [4.78, 5) is 41.9. The molecule has 158 valence electrons. The Morgan fingerprint density at radius 2 is 1.93 bits per heavy atom. The molecule has 0 spiro atoms. The number of aliphatic carboxylic acids is 1. The van der Waals surface area contributed by atoms with Crippen molar-refractivity contribution in [2.75, 3.05) is 13.1 Å². The minimum atomic E-state index is -1.38. The molecule has 0 radical (unpaired) electrons. The first-order valence-corrected chi connectivity index (χ1v) is 9.43. The van der Waals surface area contributed by atoms with Crippen LogP contribution in [0.15, 0.2) is 35.3 Å². The monoisotopic (exact) mass is 405 g/mol. The molecule has 1 aromatic rings. The number of aliphatic imine (C=N–C) groups is 1. The number of guanidine groups is 1. The number of amides is 2. The Hall–Kier alpha value is -3.14. The van der Waals surface area contributed by atoms with E-state index in [-0.39, 0.29) is 18.9 Å². The van der Waals surface area contributed by atoms with Crippen molar-refractivity contribution in [1.82, 2.24) is 10.2 Å². The lowest BCUT2D eigenvalue weighted by Gasteiger charge is -2.27. The molecule has 1 aliphatic heterocycles. The van der Waals surface area contributed by atoms with Gasteiger partial charge in [0.25, 0.3) is 5.91 Å². The van der Waals surface area contributed by atoms with Gasteiger partial charge >= 0.3 is 5.97 Å². The van der Waals surface area contributed by atoms with Gasteiger partial charge in [0.1, 0.15) is 12.1 Å².